The molecule has 0 unspecified atom stereocenters. The molecule has 0 aromatic heterocycles. The molecule has 0 atom stereocenters. The van der Waals surface area contributed by atoms with Crippen LogP contribution >= 0.6 is 0 Å². The lowest BCUT2D eigenvalue weighted by molar-refractivity contribution is -0.128. The van der Waals surface area contributed by atoms with E-state index in [4.69, 9.17) is 5.26 Å². The number of unbranched alkanes of at least 4 members (excludes halogenated alkanes) is 1. The first-order valence-electron chi connectivity index (χ1n) is 6.72. The summed E-state index contributed by atoms with van der Waals surface area (Å²) in [5.41, 5.74) is -0.821. The van der Waals surface area contributed by atoms with Crippen molar-refractivity contribution >= 4 is 5.91 Å². The van der Waals surface area contributed by atoms with Gasteiger partial charge in [0.2, 0.25) is 5.91 Å². The van der Waals surface area contributed by atoms with Gasteiger partial charge in [0.1, 0.15) is 5.41 Å². The van der Waals surface area contributed by atoms with Crippen molar-refractivity contribution in [3.05, 3.63) is 0 Å². The average Bonchev–Trinajstić information content (AvgIpc) is 2.31. The standard InChI is InChI=1S/C14H26N2O/c1-5-14(6-2,11-15)13(17)16-10-8-7-9-12(3)4/h12H,5-10H2,1-4H3,(H,16,17). The smallest absolute Gasteiger partial charge is 0.240 e. The fourth-order valence-corrected chi connectivity index (χ4v) is 1.83. The molecule has 0 aliphatic carbocycles. The molecule has 0 saturated heterocycles. The number of carbonyl (C=O) groups is 1. The molecule has 98 valence electrons. The van der Waals surface area contributed by atoms with Gasteiger partial charge in [-0.1, -0.05) is 40.5 Å². The monoisotopic (exact) mass is 238 g/mol. The minimum absolute atomic E-state index is 0.102. The molecule has 0 aromatic carbocycles. The molecule has 0 aliphatic heterocycles. The lowest BCUT2D eigenvalue weighted by Gasteiger charge is -2.22. The van der Waals surface area contributed by atoms with E-state index in [1.807, 2.05) is 13.8 Å². The largest absolute Gasteiger partial charge is 0.355 e. The lowest BCUT2D eigenvalue weighted by atomic mass is 9.83. The first-order chi connectivity index (χ1) is 8.02. The number of rotatable bonds is 8. The molecular weight excluding hydrogens is 212 g/mol. The van der Waals surface area contributed by atoms with Gasteiger partial charge in [-0.25, -0.2) is 0 Å². The highest BCUT2D eigenvalue weighted by Gasteiger charge is 2.34. The maximum Gasteiger partial charge on any atom is 0.240 e. The van der Waals surface area contributed by atoms with Crippen molar-refractivity contribution in [2.75, 3.05) is 6.54 Å². The Balaban J connectivity index is 3.97. The molecule has 0 heterocycles. The van der Waals surface area contributed by atoms with Crippen molar-refractivity contribution in [2.45, 2.75) is 59.8 Å². The number of nitrogens with zero attached hydrogens (tertiary/aromatic N) is 1. The van der Waals surface area contributed by atoms with Crippen LogP contribution in [0.5, 0.6) is 0 Å². The van der Waals surface area contributed by atoms with Gasteiger partial charge in [0.15, 0.2) is 0 Å². The van der Waals surface area contributed by atoms with Crippen LogP contribution in [-0.4, -0.2) is 12.5 Å². The van der Waals surface area contributed by atoms with E-state index in [9.17, 15) is 4.79 Å². The van der Waals surface area contributed by atoms with Crippen LogP contribution in [0.1, 0.15) is 59.8 Å². The van der Waals surface area contributed by atoms with Crippen LogP contribution in [-0.2, 0) is 4.79 Å². The topological polar surface area (TPSA) is 52.9 Å². The number of amides is 1. The maximum absolute atomic E-state index is 11.9. The third kappa shape index (κ3) is 5.21. The summed E-state index contributed by atoms with van der Waals surface area (Å²) in [6, 6.07) is 2.16. The van der Waals surface area contributed by atoms with Crippen molar-refractivity contribution in [1.29, 1.82) is 5.26 Å². The summed E-state index contributed by atoms with van der Waals surface area (Å²) in [7, 11) is 0. The van der Waals surface area contributed by atoms with Crippen LogP contribution in [0.2, 0.25) is 0 Å². The Morgan fingerprint density at radius 3 is 2.29 bits per heavy atom. The van der Waals surface area contributed by atoms with Crippen LogP contribution in [0.15, 0.2) is 0 Å². The Kier molecular flexibility index (Phi) is 7.61. The first-order valence-corrected chi connectivity index (χ1v) is 6.72. The SMILES string of the molecule is CCC(C#N)(CC)C(=O)NCCCCC(C)C. The van der Waals surface area contributed by atoms with E-state index in [-0.39, 0.29) is 5.91 Å². The lowest BCUT2D eigenvalue weighted by Crippen LogP contribution is -2.39. The van der Waals surface area contributed by atoms with Crippen LogP contribution in [0, 0.1) is 22.7 Å². The molecule has 0 aromatic rings. The van der Waals surface area contributed by atoms with Gasteiger partial charge in [0.05, 0.1) is 6.07 Å². The van der Waals surface area contributed by atoms with E-state index in [0.29, 0.717) is 19.4 Å². The number of hydrogen-bond acceptors (Lipinski definition) is 2. The molecule has 1 amide bonds. The number of carbonyl (C=O) groups excluding carboxylic acids is 1. The molecule has 0 rings (SSSR count). The van der Waals surface area contributed by atoms with Crippen molar-refractivity contribution in [1.82, 2.24) is 5.32 Å². The van der Waals surface area contributed by atoms with Gasteiger partial charge in [0, 0.05) is 6.54 Å². The predicted molar refractivity (Wildman–Crippen MR) is 70.3 cm³/mol. The van der Waals surface area contributed by atoms with Gasteiger partial charge >= 0.3 is 0 Å². The fourth-order valence-electron chi connectivity index (χ4n) is 1.83. The Bertz CT molecular complexity index is 262. The summed E-state index contributed by atoms with van der Waals surface area (Å²) in [5.74, 6) is 0.615. The second-order valence-corrected chi connectivity index (χ2v) is 5.05. The molecule has 0 bridgehead atoms. The van der Waals surface area contributed by atoms with E-state index < -0.39 is 5.41 Å². The minimum atomic E-state index is -0.821. The zero-order valence-electron chi connectivity index (χ0n) is 11.7. The molecule has 3 nitrogen and oxygen atoms in total. The number of hydrogen-bond donors (Lipinski definition) is 1. The molecule has 0 spiro atoms. The van der Waals surface area contributed by atoms with E-state index in [1.165, 1.54) is 6.42 Å². The van der Waals surface area contributed by atoms with Gasteiger partial charge in [0.25, 0.3) is 0 Å². The molecule has 0 radical (unpaired) electrons. The number of nitriles is 1. The van der Waals surface area contributed by atoms with Crippen LogP contribution in [0.4, 0.5) is 0 Å². The summed E-state index contributed by atoms with van der Waals surface area (Å²) < 4.78 is 0. The second-order valence-electron chi connectivity index (χ2n) is 5.05. The van der Waals surface area contributed by atoms with E-state index in [0.717, 1.165) is 18.8 Å². The summed E-state index contributed by atoms with van der Waals surface area (Å²) in [5, 5.41) is 12.0. The van der Waals surface area contributed by atoms with Crippen molar-refractivity contribution in [3.63, 3.8) is 0 Å². The van der Waals surface area contributed by atoms with Crippen LogP contribution in [0.25, 0.3) is 0 Å². The van der Waals surface area contributed by atoms with Gasteiger partial charge in [-0.2, -0.15) is 5.26 Å². The summed E-state index contributed by atoms with van der Waals surface area (Å²) in [4.78, 5) is 11.9. The Morgan fingerprint density at radius 2 is 1.88 bits per heavy atom. The van der Waals surface area contributed by atoms with Crippen LogP contribution in [0.3, 0.4) is 0 Å². The van der Waals surface area contributed by atoms with E-state index in [2.05, 4.69) is 25.2 Å². The van der Waals surface area contributed by atoms with Gasteiger partial charge < -0.3 is 5.32 Å². The van der Waals surface area contributed by atoms with Gasteiger partial charge in [-0.15, -0.1) is 0 Å². The van der Waals surface area contributed by atoms with Crippen molar-refractivity contribution in [2.24, 2.45) is 11.3 Å². The summed E-state index contributed by atoms with van der Waals surface area (Å²) in [6.45, 7) is 8.88. The summed E-state index contributed by atoms with van der Waals surface area (Å²) >= 11 is 0. The summed E-state index contributed by atoms with van der Waals surface area (Å²) in [6.07, 6.45) is 4.49. The van der Waals surface area contributed by atoms with E-state index in [1.54, 1.807) is 0 Å². The Hall–Kier alpha value is -1.04. The second kappa shape index (κ2) is 8.11. The highest BCUT2D eigenvalue weighted by Crippen LogP contribution is 2.25. The molecule has 0 fully saturated rings. The highest BCUT2D eigenvalue weighted by molar-refractivity contribution is 5.85. The quantitative estimate of drug-likeness (QED) is 0.660. The van der Waals surface area contributed by atoms with Gasteiger partial charge in [-0.3, -0.25) is 4.79 Å². The third-order valence-corrected chi connectivity index (χ3v) is 3.35. The molecule has 0 saturated carbocycles. The minimum Gasteiger partial charge on any atom is -0.355 e. The fraction of sp³-hybridized carbons (Fsp3) is 0.857. The first kappa shape index (κ1) is 16.0. The highest BCUT2D eigenvalue weighted by atomic mass is 16.2. The average molecular weight is 238 g/mol. The Morgan fingerprint density at radius 1 is 1.29 bits per heavy atom. The van der Waals surface area contributed by atoms with Crippen molar-refractivity contribution < 1.29 is 4.79 Å². The van der Waals surface area contributed by atoms with Crippen LogP contribution < -0.4 is 5.32 Å². The Labute approximate surface area is 106 Å². The zero-order valence-corrected chi connectivity index (χ0v) is 11.7. The predicted octanol–water partition coefficient (Wildman–Crippen LogP) is 3.26. The zero-order chi connectivity index (χ0) is 13.3. The molecule has 17 heavy (non-hydrogen) atoms. The third-order valence-electron chi connectivity index (χ3n) is 3.35. The maximum atomic E-state index is 11.9. The number of nitrogens with one attached hydrogen (secondary N) is 1. The van der Waals surface area contributed by atoms with Gasteiger partial charge in [-0.05, 0) is 25.2 Å². The molecular formula is C14H26N2O. The van der Waals surface area contributed by atoms with E-state index >= 15 is 0 Å². The molecule has 0 aliphatic rings. The molecule has 1 N–H and O–H groups in total. The van der Waals surface area contributed by atoms with Crippen molar-refractivity contribution in [3.8, 4) is 6.07 Å². The molecule has 3 heteroatoms. The normalized spacial score (nSPS) is 11.3.